The van der Waals surface area contributed by atoms with Gasteiger partial charge in [-0.3, -0.25) is 0 Å². The minimum atomic E-state index is 1.08. The van der Waals surface area contributed by atoms with Gasteiger partial charge in [0, 0.05) is 0 Å². The van der Waals surface area contributed by atoms with Gasteiger partial charge in [0.15, 0.2) is 0 Å². The summed E-state index contributed by atoms with van der Waals surface area (Å²) in [6.07, 6.45) is 19.1. The molecule has 0 heterocycles. The van der Waals surface area contributed by atoms with Crippen molar-refractivity contribution in [2.24, 2.45) is 0 Å². The van der Waals surface area contributed by atoms with Gasteiger partial charge < -0.3 is 0 Å². The summed E-state index contributed by atoms with van der Waals surface area (Å²) in [6.45, 7) is 4.36. The van der Waals surface area contributed by atoms with Crippen LogP contribution in [0.25, 0.3) is 0 Å². The molecule has 0 N–H and O–H groups in total. The van der Waals surface area contributed by atoms with Crippen molar-refractivity contribution in [3.05, 3.63) is 36.5 Å². The third-order valence-electron chi connectivity index (χ3n) is 1.74. The zero-order valence-corrected chi connectivity index (χ0v) is 9.00. The first-order chi connectivity index (χ1) is 6.41. The summed E-state index contributed by atoms with van der Waals surface area (Å²) < 4.78 is 0. The van der Waals surface area contributed by atoms with Crippen molar-refractivity contribution in [1.82, 2.24) is 0 Å². The molecule has 0 nitrogen and oxygen atoms in total. The van der Waals surface area contributed by atoms with Gasteiger partial charge in [-0.2, -0.15) is 0 Å². The maximum absolute atomic E-state index is 2.26. The lowest BCUT2D eigenvalue weighted by Gasteiger charge is -1.84. The molecular formula is C13H22. The fourth-order valence-electron chi connectivity index (χ4n) is 0.993. The van der Waals surface area contributed by atoms with Crippen LogP contribution in [0, 0.1) is 0 Å². The molecule has 0 unspecified atom stereocenters. The van der Waals surface area contributed by atoms with Gasteiger partial charge in [0.25, 0.3) is 0 Å². The third-order valence-corrected chi connectivity index (χ3v) is 1.74. The van der Waals surface area contributed by atoms with Crippen LogP contribution in [0.2, 0.25) is 0 Å². The first kappa shape index (κ1) is 12.2. The lowest BCUT2D eigenvalue weighted by atomic mass is 10.2. The summed E-state index contributed by atoms with van der Waals surface area (Å²) in [6, 6.07) is 0. The maximum atomic E-state index is 2.26. The molecule has 0 rings (SSSR count). The van der Waals surface area contributed by atoms with Crippen molar-refractivity contribution < 1.29 is 0 Å². The van der Waals surface area contributed by atoms with Crippen LogP contribution >= 0.6 is 0 Å². The molecule has 0 aliphatic carbocycles. The second-order valence-corrected chi connectivity index (χ2v) is 3.08. The first-order valence-electron chi connectivity index (χ1n) is 5.36. The maximum Gasteiger partial charge on any atom is -0.0169 e. The average molecular weight is 178 g/mol. The van der Waals surface area contributed by atoms with Crippen LogP contribution < -0.4 is 0 Å². The normalized spacial score (nSPS) is 12.5. The van der Waals surface area contributed by atoms with E-state index in [0.717, 1.165) is 19.3 Å². The molecule has 0 atom stereocenters. The molecule has 0 fully saturated rings. The first-order valence-corrected chi connectivity index (χ1v) is 5.36. The van der Waals surface area contributed by atoms with Crippen LogP contribution in [0.15, 0.2) is 36.5 Å². The van der Waals surface area contributed by atoms with Crippen molar-refractivity contribution in [1.29, 1.82) is 0 Å². The van der Waals surface area contributed by atoms with E-state index in [2.05, 4.69) is 50.3 Å². The van der Waals surface area contributed by atoms with E-state index in [9.17, 15) is 0 Å². The van der Waals surface area contributed by atoms with Gasteiger partial charge >= 0.3 is 0 Å². The average Bonchev–Trinajstić information content (AvgIpc) is 2.16. The summed E-state index contributed by atoms with van der Waals surface area (Å²) in [4.78, 5) is 0. The summed E-state index contributed by atoms with van der Waals surface area (Å²) >= 11 is 0. The van der Waals surface area contributed by atoms with Crippen molar-refractivity contribution in [3.8, 4) is 0 Å². The predicted molar refractivity (Wildman–Crippen MR) is 61.9 cm³/mol. The third kappa shape index (κ3) is 11.2. The molecule has 0 amide bonds. The summed E-state index contributed by atoms with van der Waals surface area (Å²) in [5, 5.41) is 0. The summed E-state index contributed by atoms with van der Waals surface area (Å²) in [7, 11) is 0. The van der Waals surface area contributed by atoms with Gasteiger partial charge in [0.1, 0.15) is 0 Å². The van der Waals surface area contributed by atoms with Gasteiger partial charge in [-0.25, -0.2) is 0 Å². The Bertz CT molecular complexity index is 161. The highest BCUT2D eigenvalue weighted by Gasteiger charge is 1.73. The van der Waals surface area contributed by atoms with Crippen LogP contribution in [0.1, 0.15) is 46.0 Å². The summed E-state index contributed by atoms with van der Waals surface area (Å²) in [5.74, 6) is 0. The standard InChI is InChI=1S/C13H22/c1-3-5-7-9-11-13-12-10-8-6-4-2/h5,7-8,10-11,13H,3-4,6,9,12H2,1-2H3/b7-5-,10-8-,13-11-. The molecule has 0 aromatic carbocycles. The van der Waals surface area contributed by atoms with Crippen LogP contribution in [0.5, 0.6) is 0 Å². The Hall–Kier alpha value is -0.780. The van der Waals surface area contributed by atoms with E-state index in [1.807, 2.05) is 0 Å². The van der Waals surface area contributed by atoms with E-state index >= 15 is 0 Å². The van der Waals surface area contributed by atoms with Crippen LogP contribution in [-0.4, -0.2) is 0 Å². The fourth-order valence-corrected chi connectivity index (χ4v) is 0.993. The second-order valence-electron chi connectivity index (χ2n) is 3.08. The molecule has 0 saturated heterocycles. The monoisotopic (exact) mass is 178 g/mol. The number of unbranched alkanes of at least 4 members (excludes halogenated alkanes) is 1. The Morgan fingerprint density at radius 1 is 0.692 bits per heavy atom. The second kappa shape index (κ2) is 11.2. The molecule has 74 valence electrons. The number of hydrogen-bond acceptors (Lipinski definition) is 0. The lowest BCUT2D eigenvalue weighted by Crippen LogP contribution is -1.63. The van der Waals surface area contributed by atoms with Crippen molar-refractivity contribution in [3.63, 3.8) is 0 Å². The van der Waals surface area contributed by atoms with E-state index in [1.165, 1.54) is 12.8 Å². The number of rotatable bonds is 7. The largest absolute Gasteiger partial charge is 0.0885 e. The molecule has 0 bridgehead atoms. The molecule has 0 aromatic rings. The molecule has 0 aromatic heterocycles. The Labute approximate surface area is 83.0 Å². The van der Waals surface area contributed by atoms with Crippen molar-refractivity contribution >= 4 is 0 Å². The molecule has 0 aliphatic heterocycles. The summed E-state index contributed by atoms with van der Waals surface area (Å²) in [5.41, 5.74) is 0. The van der Waals surface area contributed by atoms with Gasteiger partial charge in [0.2, 0.25) is 0 Å². The van der Waals surface area contributed by atoms with Crippen LogP contribution in [0.4, 0.5) is 0 Å². The van der Waals surface area contributed by atoms with Gasteiger partial charge in [-0.05, 0) is 25.7 Å². The van der Waals surface area contributed by atoms with E-state index in [-0.39, 0.29) is 0 Å². The van der Waals surface area contributed by atoms with Gasteiger partial charge in [0.05, 0.1) is 0 Å². The molecule has 13 heavy (non-hydrogen) atoms. The Balaban J connectivity index is 3.26. The fraction of sp³-hybridized carbons (Fsp3) is 0.538. The minimum Gasteiger partial charge on any atom is -0.0885 e. The lowest BCUT2D eigenvalue weighted by molar-refractivity contribution is 0.954. The highest BCUT2D eigenvalue weighted by atomic mass is 13.8. The number of allylic oxidation sites excluding steroid dienone is 6. The van der Waals surface area contributed by atoms with Crippen molar-refractivity contribution in [2.75, 3.05) is 0 Å². The van der Waals surface area contributed by atoms with Crippen LogP contribution in [0.3, 0.4) is 0 Å². The quantitative estimate of drug-likeness (QED) is 0.498. The smallest absolute Gasteiger partial charge is 0.0169 e. The molecule has 0 saturated carbocycles. The Morgan fingerprint density at radius 2 is 1.23 bits per heavy atom. The highest BCUT2D eigenvalue weighted by Crippen LogP contribution is 1.94. The SMILES string of the molecule is CC/C=C\C/C=C\C/C=C\CCC. The topological polar surface area (TPSA) is 0 Å². The van der Waals surface area contributed by atoms with E-state index in [1.54, 1.807) is 0 Å². The molecular weight excluding hydrogens is 156 g/mol. The Morgan fingerprint density at radius 3 is 1.77 bits per heavy atom. The molecule has 0 spiro atoms. The van der Waals surface area contributed by atoms with E-state index in [0.29, 0.717) is 0 Å². The zero-order chi connectivity index (χ0) is 9.78. The predicted octanol–water partition coefficient (Wildman–Crippen LogP) is 4.65. The van der Waals surface area contributed by atoms with Crippen molar-refractivity contribution in [2.45, 2.75) is 46.0 Å². The minimum absolute atomic E-state index is 1.08. The van der Waals surface area contributed by atoms with E-state index < -0.39 is 0 Å². The molecule has 0 heteroatoms. The molecule has 0 aliphatic rings. The molecule has 0 radical (unpaired) electrons. The van der Waals surface area contributed by atoms with Gasteiger partial charge in [-0.1, -0.05) is 56.7 Å². The Kier molecular flexibility index (Phi) is 10.5. The van der Waals surface area contributed by atoms with Gasteiger partial charge in [-0.15, -0.1) is 0 Å². The van der Waals surface area contributed by atoms with E-state index in [4.69, 9.17) is 0 Å². The number of hydrogen-bond donors (Lipinski definition) is 0. The van der Waals surface area contributed by atoms with Crippen LogP contribution in [-0.2, 0) is 0 Å². The zero-order valence-electron chi connectivity index (χ0n) is 9.00. The highest BCUT2D eigenvalue weighted by molar-refractivity contribution is 4.96.